The highest BCUT2D eigenvalue weighted by molar-refractivity contribution is 7.99. The van der Waals surface area contributed by atoms with Gasteiger partial charge in [-0.3, -0.25) is 14.7 Å². The number of nitrogens with one attached hydrogen (secondary N) is 1. The maximum absolute atomic E-state index is 12.9. The maximum Gasteiger partial charge on any atom is 0.416 e. The Bertz CT molecular complexity index is 813. The van der Waals surface area contributed by atoms with Gasteiger partial charge in [0.25, 0.3) is 5.91 Å². The first-order valence-corrected chi connectivity index (χ1v) is 8.21. The van der Waals surface area contributed by atoms with Gasteiger partial charge in [0.05, 0.1) is 11.1 Å². The summed E-state index contributed by atoms with van der Waals surface area (Å²) in [6.07, 6.45) is -9.29. The number of amides is 1. The van der Waals surface area contributed by atoms with Gasteiger partial charge in [0.2, 0.25) is 5.95 Å². The van der Waals surface area contributed by atoms with E-state index < -0.39 is 35.0 Å². The highest BCUT2D eigenvalue weighted by atomic mass is 32.2. The van der Waals surface area contributed by atoms with Crippen molar-refractivity contribution in [1.82, 2.24) is 14.8 Å². The number of carbonyl (C=O) groups is 1. The van der Waals surface area contributed by atoms with Crippen LogP contribution >= 0.6 is 11.8 Å². The number of fused-ring (bicyclic) bond motifs is 1. The molecule has 1 aromatic carbocycles. The number of anilines is 1. The quantitative estimate of drug-likeness (QED) is 0.778. The molecule has 1 aliphatic heterocycles. The van der Waals surface area contributed by atoms with Crippen molar-refractivity contribution in [2.24, 2.45) is 0 Å². The largest absolute Gasteiger partial charge is 0.416 e. The molecular formula is C14H10F6N4OS. The molecule has 5 nitrogen and oxygen atoms in total. The van der Waals surface area contributed by atoms with Crippen molar-refractivity contribution < 1.29 is 31.1 Å². The molecule has 2 heterocycles. The van der Waals surface area contributed by atoms with E-state index in [1.54, 1.807) is 4.57 Å². The SMILES string of the molecule is O=C(Nc1nnc2n1CCCS2)c1cc(C(F)(F)F)cc(C(F)(F)F)c1. The van der Waals surface area contributed by atoms with Crippen molar-refractivity contribution >= 4 is 23.6 Å². The molecule has 26 heavy (non-hydrogen) atoms. The molecule has 3 rings (SSSR count). The Labute approximate surface area is 146 Å². The zero-order valence-corrected chi connectivity index (χ0v) is 13.6. The van der Waals surface area contributed by atoms with E-state index in [0.29, 0.717) is 23.8 Å². The highest BCUT2D eigenvalue weighted by Crippen LogP contribution is 2.36. The molecule has 0 aliphatic carbocycles. The predicted molar refractivity (Wildman–Crippen MR) is 79.8 cm³/mol. The third-order valence-electron chi connectivity index (χ3n) is 3.55. The third kappa shape index (κ3) is 3.79. The fourth-order valence-electron chi connectivity index (χ4n) is 2.34. The molecule has 12 heteroatoms. The molecule has 0 bridgehead atoms. The lowest BCUT2D eigenvalue weighted by Gasteiger charge is -2.15. The van der Waals surface area contributed by atoms with Gasteiger partial charge in [0.1, 0.15) is 0 Å². The molecule has 1 aromatic heterocycles. The average Bonchev–Trinajstić information content (AvgIpc) is 2.96. The Morgan fingerprint density at radius 1 is 1.04 bits per heavy atom. The number of aromatic nitrogens is 3. The topological polar surface area (TPSA) is 59.8 Å². The van der Waals surface area contributed by atoms with Crippen LogP contribution in [0.25, 0.3) is 0 Å². The lowest BCUT2D eigenvalue weighted by molar-refractivity contribution is -0.143. The molecule has 140 valence electrons. The molecule has 1 N–H and O–H groups in total. The first kappa shape index (κ1) is 18.5. The van der Waals surface area contributed by atoms with Crippen molar-refractivity contribution in [1.29, 1.82) is 0 Å². The van der Waals surface area contributed by atoms with E-state index in [1.807, 2.05) is 0 Å². The second kappa shape index (κ2) is 6.49. The molecule has 0 atom stereocenters. The minimum Gasteiger partial charge on any atom is -0.290 e. The van der Waals surface area contributed by atoms with Crippen LogP contribution in [0.3, 0.4) is 0 Å². The molecule has 0 saturated heterocycles. The van der Waals surface area contributed by atoms with E-state index in [-0.39, 0.29) is 12.0 Å². The van der Waals surface area contributed by atoms with Crippen molar-refractivity contribution in [3.05, 3.63) is 34.9 Å². The number of benzene rings is 1. The number of hydrogen-bond donors (Lipinski definition) is 1. The van der Waals surface area contributed by atoms with E-state index in [4.69, 9.17) is 0 Å². The van der Waals surface area contributed by atoms with E-state index in [0.717, 1.165) is 12.2 Å². The van der Waals surface area contributed by atoms with Gasteiger partial charge in [0.15, 0.2) is 5.16 Å². The molecular weight excluding hydrogens is 386 g/mol. The summed E-state index contributed by atoms with van der Waals surface area (Å²) in [5, 5.41) is 10.3. The molecule has 2 aromatic rings. The second-order valence-corrected chi connectivity index (χ2v) is 6.47. The van der Waals surface area contributed by atoms with Gasteiger partial charge < -0.3 is 0 Å². The summed E-state index contributed by atoms with van der Waals surface area (Å²) in [4.78, 5) is 12.2. The summed E-state index contributed by atoms with van der Waals surface area (Å²) in [5.74, 6) is -0.357. The van der Waals surface area contributed by atoms with Crippen LogP contribution < -0.4 is 5.32 Å². The van der Waals surface area contributed by atoms with Crippen LogP contribution in [0.15, 0.2) is 23.4 Å². The second-order valence-electron chi connectivity index (χ2n) is 5.41. The van der Waals surface area contributed by atoms with Crippen molar-refractivity contribution in [2.45, 2.75) is 30.5 Å². The van der Waals surface area contributed by atoms with Crippen molar-refractivity contribution in [3.8, 4) is 0 Å². The number of alkyl halides is 6. The average molecular weight is 396 g/mol. The van der Waals surface area contributed by atoms with Crippen LogP contribution in [0.1, 0.15) is 27.9 Å². The van der Waals surface area contributed by atoms with E-state index >= 15 is 0 Å². The maximum atomic E-state index is 12.9. The van der Waals surface area contributed by atoms with Crippen LogP contribution in [0.4, 0.5) is 32.3 Å². The van der Waals surface area contributed by atoms with Crippen LogP contribution in [-0.2, 0) is 18.9 Å². The molecule has 0 fully saturated rings. The van der Waals surface area contributed by atoms with Gasteiger partial charge in [-0.2, -0.15) is 26.3 Å². The van der Waals surface area contributed by atoms with E-state index in [2.05, 4.69) is 15.5 Å². The predicted octanol–water partition coefficient (Wildman–Crippen LogP) is 4.06. The smallest absolute Gasteiger partial charge is 0.290 e. The van der Waals surface area contributed by atoms with Crippen LogP contribution in [0, 0.1) is 0 Å². The first-order valence-electron chi connectivity index (χ1n) is 7.22. The van der Waals surface area contributed by atoms with Crippen molar-refractivity contribution in [3.63, 3.8) is 0 Å². The van der Waals surface area contributed by atoms with Crippen molar-refractivity contribution in [2.75, 3.05) is 11.1 Å². The fraction of sp³-hybridized carbons (Fsp3) is 0.357. The zero-order chi connectivity index (χ0) is 19.1. The zero-order valence-electron chi connectivity index (χ0n) is 12.8. The van der Waals surface area contributed by atoms with Gasteiger partial charge in [-0.15, -0.1) is 10.2 Å². The summed E-state index contributed by atoms with van der Waals surface area (Å²) < 4.78 is 78.8. The molecule has 1 aliphatic rings. The normalized spacial score (nSPS) is 14.8. The third-order valence-corrected chi connectivity index (χ3v) is 4.60. The molecule has 0 saturated carbocycles. The summed E-state index contributed by atoms with van der Waals surface area (Å²) in [6, 6.07) is 0.700. The lowest BCUT2D eigenvalue weighted by Crippen LogP contribution is -2.20. The minimum absolute atomic E-state index is 0.0248. The number of carbonyl (C=O) groups excluding carboxylic acids is 1. The number of thioether (sulfide) groups is 1. The number of rotatable bonds is 2. The Hall–Kier alpha value is -2.24. The molecule has 1 amide bonds. The van der Waals surface area contributed by atoms with Gasteiger partial charge in [-0.25, -0.2) is 0 Å². The Morgan fingerprint density at radius 2 is 1.65 bits per heavy atom. The van der Waals surface area contributed by atoms with Crippen LogP contribution in [0.5, 0.6) is 0 Å². The minimum atomic E-state index is -5.03. The Balaban J connectivity index is 1.95. The number of hydrogen-bond acceptors (Lipinski definition) is 4. The summed E-state index contributed by atoms with van der Waals surface area (Å²) in [5.41, 5.74) is -3.89. The van der Waals surface area contributed by atoms with Gasteiger partial charge >= 0.3 is 12.4 Å². The fourth-order valence-corrected chi connectivity index (χ4v) is 3.22. The lowest BCUT2D eigenvalue weighted by atomic mass is 10.0. The summed E-state index contributed by atoms with van der Waals surface area (Å²) in [7, 11) is 0. The molecule has 0 unspecified atom stereocenters. The van der Waals surface area contributed by atoms with E-state index in [1.165, 1.54) is 11.8 Å². The van der Waals surface area contributed by atoms with Gasteiger partial charge in [0, 0.05) is 17.9 Å². The van der Waals surface area contributed by atoms with Gasteiger partial charge in [-0.05, 0) is 24.6 Å². The highest BCUT2D eigenvalue weighted by Gasteiger charge is 2.37. The number of halogens is 6. The molecule has 0 spiro atoms. The Morgan fingerprint density at radius 3 is 2.23 bits per heavy atom. The first-order chi connectivity index (χ1) is 12.1. The number of nitrogens with zero attached hydrogens (tertiary/aromatic N) is 3. The van der Waals surface area contributed by atoms with Crippen LogP contribution in [0.2, 0.25) is 0 Å². The van der Waals surface area contributed by atoms with Crippen LogP contribution in [-0.4, -0.2) is 26.4 Å². The Kier molecular flexibility index (Phi) is 4.63. The summed E-state index contributed by atoms with van der Waals surface area (Å²) >= 11 is 1.38. The van der Waals surface area contributed by atoms with E-state index in [9.17, 15) is 31.1 Å². The standard InChI is InChI=1S/C14H10F6N4OS/c15-13(16,17)8-4-7(5-9(6-8)14(18,19)20)10(25)21-11-22-23-12-24(11)2-1-3-26-12/h4-6H,1-3H2,(H,21,22,25). The monoisotopic (exact) mass is 396 g/mol. The molecule has 0 radical (unpaired) electrons. The van der Waals surface area contributed by atoms with Gasteiger partial charge in [-0.1, -0.05) is 11.8 Å². The summed E-state index contributed by atoms with van der Waals surface area (Å²) in [6.45, 7) is 0.487.